The van der Waals surface area contributed by atoms with Crippen LogP contribution in [0.25, 0.3) is 5.13 Å². The molecule has 0 aromatic carbocycles. The van der Waals surface area contributed by atoms with Crippen molar-refractivity contribution < 1.29 is 18.7 Å². The molecule has 3 heterocycles. The number of nitrogens with one attached hydrogen (secondary N) is 2. The van der Waals surface area contributed by atoms with Crippen LogP contribution in [0.3, 0.4) is 0 Å². The standard InChI is InChI=1S/C17H20N6O5S/c1-4-10-5-6-19-23(10)17-22-21-16(29-17)20-14(24)12-9-11(18-7-8-26-2)13(27-3)15(25)28-12/h5-6,9,18H,4,7-8H2,1-3H3,(H,20,21,24). The summed E-state index contributed by atoms with van der Waals surface area (Å²) < 4.78 is 16.7. The molecule has 154 valence electrons. The molecule has 0 fully saturated rings. The summed E-state index contributed by atoms with van der Waals surface area (Å²) >= 11 is 1.15. The van der Waals surface area contributed by atoms with E-state index >= 15 is 0 Å². The second kappa shape index (κ2) is 9.30. The van der Waals surface area contributed by atoms with E-state index in [9.17, 15) is 9.59 Å². The Kier molecular flexibility index (Phi) is 6.57. The zero-order valence-electron chi connectivity index (χ0n) is 16.1. The monoisotopic (exact) mass is 420 g/mol. The third-order valence-electron chi connectivity index (χ3n) is 3.86. The normalized spacial score (nSPS) is 10.7. The van der Waals surface area contributed by atoms with E-state index in [1.54, 1.807) is 18.0 Å². The molecule has 3 rings (SSSR count). The van der Waals surface area contributed by atoms with Crippen molar-refractivity contribution in [2.75, 3.05) is 38.0 Å². The number of aryl methyl sites for hydroxylation is 1. The van der Waals surface area contributed by atoms with Crippen LogP contribution in [0.2, 0.25) is 0 Å². The van der Waals surface area contributed by atoms with Crippen LogP contribution >= 0.6 is 11.3 Å². The molecule has 29 heavy (non-hydrogen) atoms. The molecule has 0 aliphatic carbocycles. The first-order valence-electron chi connectivity index (χ1n) is 8.70. The van der Waals surface area contributed by atoms with Gasteiger partial charge in [-0.1, -0.05) is 18.3 Å². The molecule has 3 aromatic rings. The second-order valence-corrected chi connectivity index (χ2v) is 6.65. The highest BCUT2D eigenvalue weighted by molar-refractivity contribution is 7.17. The summed E-state index contributed by atoms with van der Waals surface area (Å²) in [5.74, 6) is -0.860. The molecule has 0 bridgehead atoms. The number of aromatic nitrogens is 4. The molecular formula is C17H20N6O5S. The van der Waals surface area contributed by atoms with Gasteiger partial charge in [-0.05, 0) is 12.5 Å². The first kappa shape index (κ1) is 20.5. The van der Waals surface area contributed by atoms with Gasteiger partial charge in [-0.2, -0.15) is 5.10 Å². The first-order chi connectivity index (χ1) is 14.1. The fourth-order valence-corrected chi connectivity index (χ4v) is 3.22. The largest absolute Gasteiger partial charge is 0.488 e. The Balaban J connectivity index is 1.79. The quantitative estimate of drug-likeness (QED) is 0.495. The highest BCUT2D eigenvalue weighted by Crippen LogP contribution is 2.23. The van der Waals surface area contributed by atoms with Crippen molar-refractivity contribution in [1.82, 2.24) is 20.0 Å². The smallest absolute Gasteiger partial charge is 0.381 e. The van der Waals surface area contributed by atoms with Crippen molar-refractivity contribution in [2.24, 2.45) is 0 Å². The number of carbonyl (C=O) groups excluding carboxylic acids is 1. The summed E-state index contributed by atoms with van der Waals surface area (Å²) in [6.07, 6.45) is 2.44. The minimum absolute atomic E-state index is 0.0263. The molecule has 0 saturated carbocycles. The van der Waals surface area contributed by atoms with Crippen molar-refractivity contribution in [3.63, 3.8) is 0 Å². The van der Waals surface area contributed by atoms with Gasteiger partial charge in [0.2, 0.25) is 16.0 Å². The Hall–Kier alpha value is -3.25. The molecule has 0 atom stereocenters. The Bertz CT molecular complexity index is 1040. The van der Waals surface area contributed by atoms with Crippen LogP contribution in [-0.2, 0) is 11.2 Å². The molecule has 11 nitrogen and oxygen atoms in total. The minimum atomic E-state index is -0.776. The highest BCUT2D eigenvalue weighted by Gasteiger charge is 2.19. The number of rotatable bonds is 9. The predicted octanol–water partition coefficient (Wildman–Crippen LogP) is 1.56. The summed E-state index contributed by atoms with van der Waals surface area (Å²) in [5, 5.41) is 18.5. The average Bonchev–Trinajstić information content (AvgIpc) is 3.36. The van der Waals surface area contributed by atoms with Gasteiger partial charge in [0.15, 0.2) is 5.76 Å². The Labute approximate surface area is 169 Å². The second-order valence-electron chi connectivity index (χ2n) is 5.70. The van der Waals surface area contributed by atoms with E-state index in [0.717, 1.165) is 23.5 Å². The van der Waals surface area contributed by atoms with Crippen molar-refractivity contribution in [2.45, 2.75) is 13.3 Å². The zero-order chi connectivity index (χ0) is 20.8. The summed E-state index contributed by atoms with van der Waals surface area (Å²) in [6, 6.07) is 3.26. The number of anilines is 2. The molecule has 0 aliphatic heterocycles. The summed E-state index contributed by atoms with van der Waals surface area (Å²) in [5.41, 5.74) is 0.516. The van der Waals surface area contributed by atoms with Crippen LogP contribution in [-0.4, -0.2) is 53.3 Å². The van der Waals surface area contributed by atoms with Gasteiger partial charge in [-0.15, -0.1) is 10.2 Å². The van der Waals surface area contributed by atoms with Gasteiger partial charge >= 0.3 is 5.63 Å². The maximum absolute atomic E-state index is 12.5. The Morgan fingerprint density at radius 2 is 2.17 bits per heavy atom. The molecule has 3 aromatic heterocycles. The van der Waals surface area contributed by atoms with Crippen LogP contribution in [0, 0.1) is 0 Å². The average molecular weight is 420 g/mol. The lowest BCUT2D eigenvalue weighted by atomic mass is 10.3. The van der Waals surface area contributed by atoms with Crippen molar-refractivity contribution in [3.8, 4) is 10.9 Å². The molecule has 0 unspecified atom stereocenters. The number of carbonyl (C=O) groups is 1. The topological polar surface area (TPSA) is 133 Å². The van der Waals surface area contributed by atoms with Crippen molar-refractivity contribution >= 4 is 28.1 Å². The number of ether oxygens (including phenoxy) is 2. The third-order valence-corrected chi connectivity index (χ3v) is 4.67. The van der Waals surface area contributed by atoms with E-state index in [4.69, 9.17) is 13.9 Å². The molecule has 0 aliphatic rings. The van der Waals surface area contributed by atoms with Gasteiger partial charge in [0.1, 0.15) is 0 Å². The number of hydrogen-bond acceptors (Lipinski definition) is 10. The lowest BCUT2D eigenvalue weighted by Gasteiger charge is -2.10. The van der Waals surface area contributed by atoms with E-state index < -0.39 is 11.5 Å². The Morgan fingerprint density at radius 3 is 2.90 bits per heavy atom. The highest BCUT2D eigenvalue weighted by atomic mass is 32.1. The molecule has 0 saturated heterocycles. The fraction of sp³-hybridized carbons (Fsp3) is 0.353. The third kappa shape index (κ3) is 4.60. The van der Waals surface area contributed by atoms with Crippen molar-refractivity contribution in [1.29, 1.82) is 0 Å². The van der Waals surface area contributed by atoms with E-state index in [-0.39, 0.29) is 16.6 Å². The molecule has 2 N–H and O–H groups in total. The van der Waals surface area contributed by atoms with E-state index in [1.807, 2.05) is 13.0 Å². The van der Waals surface area contributed by atoms with Gasteiger partial charge in [0.05, 0.1) is 19.4 Å². The zero-order valence-corrected chi connectivity index (χ0v) is 16.9. The fourth-order valence-electron chi connectivity index (χ4n) is 2.49. The first-order valence-corrected chi connectivity index (χ1v) is 9.52. The lowest BCUT2D eigenvalue weighted by molar-refractivity contribution is 0.0991. The number of nitrogens with zero attached hydrogens (tertiary/aromatic N) is 4. The van der Waals surface area contributed by atoms with Gasteiger partial charge < -0.3 is 19.2 Å². The van der Waals surface area contributed by atoms with E-state index in [2.05, 4.69) is 25.9 Å². The maximum Gasteiger partial charge on any atom is 0.381 e. The van der Waals surface area contributed by atoms with Crippen LogP contribution in [0.1, 0.15) is 23.2 Å². The molecule has 0 radical (unpaired) electrons. The van der Waals surface area contributed by atoms with Gasteiger partial charge in [0, 0.05) is 31.6 Å². The molecule has 12 heteroatoms. The van der Waals surface area contributed by atoms with E-state index in [0.29, 0.717) is 24.0 Å². The van der Waals surface area contributed by atoms with Crippen LogP contribution in [0.15, 0.2) is 27.5 Å². The van der Waals surface area contributed by atoms with Gasteiger partial charge in [-0.25, -0.2) is 9.48 Å². The summed E-state index contributed by atoms with van der Waals surface area (Å²) in [4.78, 5) is 24.7. The summed E-state index contributed by atoms with van der Waals surface area (Å²) in [7, 11) is 2.90. The SMILES string of the molecule is CCc1ccnn1-c1nnc(NC(=O)c2cc(NCCOC)c(OC)c(=O)o2)s1. The minimum Gasteiger partial charge on any atom is -0.488 e. The van der Waals surface area contributed by atoms with Crippen LogP contribution < -0.4 is 21.0 Å². The molecule has 1 amide bonds. The van der Waals surface area contributed by atoms with Crippen molar-refractivity contribution in [3.05, 3.63) is 40.2 Å². The Morgan fingerprint density at radius 1 is 1.34 bits per heavy atom. The number of methoxy groups -OCH3 is 2. The molecule has 0 spiro atoms. The van der Waals surface area contributed by atoms with Crippen LogP contribution in [0.5, 0.6) is 5.75 Å². The number of hydrogen-bond donors (Lipinski definition) is 2. The van der Waals surface area contributed by atoms with Gasteiger partial charge in [0.25, 0.3) is 5.91 Å². The summed E-state index contributed by atoms with van der Waals surface area (Å²) in [6.45, 7) is 2.83. The van der Waals surface area contributed by atoms with E-state index in [1.165, 1.54) is 13.2 Å². The molecular weight excluding hydrogens is 400 g/mol. The predicted molar refractivity (Wildman–Crippen MR) is 106 cm³/mol. The van der Waals surface area contributed by atoms with Gasteiger partial charge in [-0.3, -0.25) is 10.1 Å². The maximum atomic E-state index is 12.5. The number of amides is 1. The lowest BCUT2D eigenvalue weighted by Crippen LogP contribution is -2.18. The van der Waals surface area contributed by atoms with Crippen LogP contribution in [0.4, 0.5) is 10.8 Å².